The lowest BCUT2D eigenvalue weighted by molar-refractivity contribution is 0.376. The summed E-state index contributed by atoms with van der Waals surface area (Å²) < 4.78 is 64.9. The zero-order valence-electron chi connectivity index (χ0n) is 8.67. The molecule has 0 fully saturated rings. The van der Waals surface area contributed by atoms with Crippen LogP contribution in [0.5, 0.6) is 0 Å². The molecule has 0 aliphatic heterocycles. The molecule has 16 heavy (non-hydrogen) atoms. The average Bonchev–Trinajstić information content (AvgIpc) is 2.29. The first-order valence-corrected chi connectivity index (χ1v) is 4.62. The maximum Gasteiger partial charge on any atom is 0.200 e. The van der Waals surface area contributed by atoms with E-state index < -0.39 is 34.6 Å². The fourth-order valence-corrected chi connectivity index (χ4v) is 1.41. The maximum absolute atomic E-state index is 13.3. The van der Waals surface area contributed by atoms with Crippen molar-refractivity contribution in [2.24, 2.45) is 0 Å². The normalized spacial score (nSPS) is 12.1. The van der Waals surface area contributed by atoms with Gasteiger partial charge in [0.2, 0.25) is 5.82 Å². The van der Waals surface area contributed by atoms with Crippen LogP contribution in [0.3, 0.4) is 0 Å². The third-order valence-corrected chi connectivity index (χ3v) is 2.26. The molecule has 0 N–H and O–H groups in total. The van der Waals surface area contributed by atoms with Crippen LogP contribution < -0.4 is 0 Å². The van der Waals surface area contributed by atoms with Crippen LogP contribution in [0.25, 0.3) is 5.57 Å². The van der Waals surface area contributed by atoms with Crippen molar-refractivity contribution in [3.05, 3.63) is 40.7 Å². The van der Waals surface area contributed by atoms with Crippen LogP contribution in [0, 0.1) is 29.1 Å². The van der Waals surface area contributed by atoms with Crippen molar-refractivity contribution in [1.29, 1.82) is 0 Å². The van der Waals surface area contributed by atoms with Gasteiger partial charge >= 0.3 is 0 Å². The van der Waals surface area contributed by atoms with Crippen molar-refractivity contribution in [3.63, 3.8) is 0 Å². The van der Waals surface area contributed by atoms with Crippen molar-refractivity contribution < 1.29 is 22.0 Å². The molecule has 0 saturated heterocycles. The number of hydrogen-bond acceptors (Lipinski definition) is 0. The van der Waals surface area contributed by atoms with Crippen LogP contribution in [0.2, 0.25) is 0 Å². The molecule has 0 aliphatic rings. The highest BCUT2D eigenvalue weighted by Crippen LogP contribution is 2.29. The van der Waals surface area contributed by atoms with Gasteiger partial charge in [-0.2, -0.15) is 0 Å². The van der Waals surface area contributed by atoms with Crippen LogP contribution in [0.1, 0.15) is 25.8 Å². The van der Waals surface area contributed by atoms with Gasteiger partial charge in [-0.1, -0.05) is 13.0 Å². The molecular weight excluding hydrogens is 227 g/mol. The van der Waals surface area contributed by atoms with Crippen LogP contribution in [-0.2, 0) is 0 Å². The summed E-state index contributed by atoms with van der Waals surface area (Å²) in [5, 5.41) is 0. The summed E-state index contributed by atoms with van der Waals surface area (Å²) in [5.74, 6) is -9.54. The monoisotopic (exact) mass is 236 g/mol. The first-order valence-electron chi connectivity index (χ1n) is 4.62. The van der Waals surface area contributed by atoms with E-state index in [1.54, 1.807) is 6.92 Å². The van der Waals surface area contributed by atoms with E-state index in [2.05, 4.69) is 0 Å². The molecule has 0 unspecified atom stereocenters. The van der Waals surface area contributed by atoms with E-state index in [1.165, 1.54) is 13.0 Å². The van der Waals surface area contributed by atoms with Gasteiger partial charge in [0.15, 0.2) is 23.3 Å². The Balaban J connectivity index is 3.64. The summed E-state index contributed by atoms with van der Waals surface area (Å²) in [6.45, 7) is 3.03. The summed E-state index contributed by atoms with van der Waals surface area (Å²) in [6, 6.07) is 0. The highest BCUT2D eigenvalue weighted by atomic mass is 19.2. The molecule has 0 aliphatic carbocycles. The fraction of sp³-hybridized carbons (Fsp3) is 0.273. The Morgan fingerprint density at radius 3 is 1.56 bits per heavy atom. The minimum absolute atomic E-state index is 0.0767. The minimum atomic E-state index is -2.13. The van der Waals surface area contributed by atoms with Crippen molar-refractivity contribution in [2.45, 2.75) is 20.3 Å². The molecule has 1 aromatic rings. The van der Waals surface area contributed by atoms with Crippen molar-refractivity contribution in [3.8, 4) is 0 Å². The number of rotatable bonds is 2. The molecular formula is C11H9F5. The van der Waals surface area contributed by atoms with Gasteiger partial charge in [-0.15, -0.1) is 0 Å². The quantitative estimate of drug-likeness (QED) is 0.410. The van der Waals surface area contributed by atoms with Crippen LogP contribution >= 0.6 is 0 Å². The van der Waals surface area contributed by atoms with Crippen LogP contribution in [-0.4, -0.2) is 0 Å². The molecule has 1 aromatic carbocycles. The van der Waals surface area contributed by atoms with Gasteiger partial charge in [-0.3, -0.25) is 0 Å². The second-order valence-electron chi connectivity index (χ2n) is 3.11. The standard InChI is InChI=1S/C11H9F5/c1-3-5(4-2)6-7(12)9(14)11(16)10(15)8(6)13/h3H,4H2,1-2H3/b5-3-. The highest BCUT2D eigenvalue weighted by molar-refractivity contribution is 5.66. The SMILES string of the molecule is C/C=C(/CC)c1c(F)c(F)c(F)c(F)c1F. The smallest absolute Gasteiger partial charge is 0.200 e. The van der Waals surface area contributed by atoms with E-state index in [1.807, 2.05) is 0 Å². The second-order valence-corrected chi connectivity index (χ2v) is 3.11. The first-order chi connectivity index (χ1) is 7.45. The Labute approximate surface area is 89.4 Å². The highest BCUT2D eigenvalue weighted by Gasteiger charge is 2.26. The minimum Gasteiger partial charge on any atom is -0.203 e. The number of halogens is 5. The van der Waals surface area contributed by atoms with Gasteiger partial charge in [0.25, 0.3) is 0 Å². The third kappa shape index (κ3) is 1.81. The molecule has 0 amide bonds. The van der Waals surface area contributed by atoms with Gasteiger partial charge in [-0.05, 0) is 18.9 Å². The van der Waals surface area contributed by atoms with Crippen LogP contribution in [0.4, 0.5) is 22.0 Å². The molecule has 0 radical (unpaired) electrons. The summed E-state index contributed by atoms with van der Waals surface area (Å²) in [7, 11) is 0. The number of hydrogen-bond donors (Lipinski definition) is 0. The predicted molar refractivity (Wildman–Crippen MR) is 50.2 cm³/mol. The zero-order chi connectivity index (χ0) is 12.5. The molecule has 0 aromatic heterocycles. The van der Waals surface area contributed by atoms with Crippen molar-refractivity contribution in [2.75, 3.05) is 0 Å². The molecule has 0 nitrogen and oxygen atoms in total. The van der Waals surface area contributed by atoms with E-state index >= 15 is 0 Å². The average molecular weight is 236 g/mol. The summed E-state index contributed by atoms with van der Waals surface area (Å²) >= 11 is 0. The largest absolute Gasteiger partial charge is 0.203 e. The summed E-state index contributed by atoms with van der Waals surface area (Å²) in [6.07, 6.45) is 1.49. The van der Waals surface area contributed by atoms with Crippen LogP contribution in [0.15, 0.2) is 6.08 Å². The summed E-state index contributed by atoms with van der Waals surface area (Å²) in [4.78, 5) is 0. The fourth-order valence-electron chi connectivity index (χ4n) is 1.41. The van der Waals surface area contributed by atoms with Gasteiger partial charge in [-0.25, -0.2) is 22.0 Å². The van der Waals surface area contributed by atoms with E-state index in [0.29, 0.717) is 0 Å². The molecule has 0 heterocycles. The zero-order valence-corrected chi connectivity index (χ0v) is 8.67. The topological polar surface area (TPSA) is 0 Å². The molecule has 88 valence electrons. The van der Waals surface area contributed by atoms with Crippen molar-refractivity contribution >= 4 is 5.57 Å². The second kappa shape index (κ2) is 4.63. The Bertz CT molecular complexity index is 419. The maximum atomic E-state index is 13.3. The van der Waals surface area contributed by atoms with Gasteiger partial charge < -0.3 is 0 Å². The van der Waals surface area contributed by atoms with Gasteiger partial charge in [0.1, 0.15) is 0 Å². The molecule has 0 atom stereocenters. The Morgan fingerprint density at radius 1 is 0.875 bits per heavy atom. The third-order valence-electron chi connectivity index (χ3n) is 2.26. The lowest BCUT2D eigenvalue weighted by Crippen LogP contribution is -2.06. The molecule has 0 spiro atoms. The molecule has 0 bridgehead atoms. The lowest BCUT2D eigenvalue weighted by Gasteiger charge is -2.09. The van der Waals surface area contributed by atoms with E-state index in [-0.39, 0.29) is 12.0 Å². The van der Waals surface area contributed by atoms with E-state index in [0.717, 1.165) is 0 Å². The predicted octanol–water partition coefficient (Wildman–Crippen LogP) is 4.20. The first kappa shape index (κ1) is 12.7. The van der Waals surface area contributed by atoms with E-state index in [4.69, 9.17) is 0 Å². The molecule has 0 saturated carbocycles. The van der Waals surface area contributed by atoms with E-state index in [9.17, 15) is 22.0 Å². The van der Waals surface area contributed by atoms with Gasteiger partial charge in [0, 0.05) is 0 Å². The molecule has 5 heteroatoms. The Kier molecular flexibility index (Phi) is 3.67. The number of allylic oxidation sites excluding steroid dienone is 2. The lowest BCUT2D eigenvalue weighted by atomic mass is 10.0. The summed E-state index contributed by atoms with van der Waals surface area (Å²) in [5.41, 5.74) is -0.769. The Hall–Kier alpha value is -1.39. The Morgan fingerprint density at radius 2 is 1.25 bits per heavy atom. The molecule has 1 rings (SSSR count). The van der Waals surface area contributed by atoms with Crippen molar-refractivity contribution in [1.82, 2.24) is 0 Å². The number of benzene rings is 1. The van der Waals surface area contributed by atoms with Gasteiger partial charge in [0.05, 0.1) is 5.56 Å².